The van der Waals surface area contributed by atoms with Gasteiger partial charge in [0.2, 0.25) is 0 Å². The molecule has 8 unspecified atom stereocenters. The molecule has 8 atom stereocenters. The zero-order valence-electron chi connectivity index (χ0n) is 74.5. The fourth-order valence-corrected chi connectivity index (χ4v) is 15.3. The van der Waals surface area contributed by atoms with Gasteiger partial charge in [-0.2, -0.15) is 0 Å². The van der Waals surface area contributed by atoms with Crippen LogP contribution in [0.5, 0.6) is 0 Å². The normalized spacial score (nSPS) is 28.1. The van der Waals surface area contributed by atoms with Crippen molar-refractivity contribution in [1.82, 2.24) is 0 Å². The van der Waals surface area contributed by atoms with Gasteiger partial charge in [-0.05, 0) is 376 Å². The molecule has 0 heteroatoms. The Bertz CT molecular complexity index is 2380. The van der Waals surface area contributed by atoms with E-state index in [1.807, 2.05) is 0 Å². The zero-order chi connectivity index (χ0) is 77.9. The summed E-state index contributed by atoms with van der Waals surface area (Å²) in [5, 5.41) is 0. The summed E-state index contributed by atoms with van der Waals surface area (Å²) in [4.78, 5) is 0. The third-order valence-electron chi connectivity index (χ3n) is 23.5. The summed E-state index contributed by atoms with van der Waals surface area (Å²) in [5.74, 6) is 9.09. The van der Waals surface area contributed by atoms with Gasteiger partial charge in [0, 0.05) is 0 Å². The summed E-state index contributed by atoms with van der Waals surface area (Å²) in [5.41, 5.74) is 6.37. The van der Waals surface area contributed by atoms with Crippen molar-refractivity contribution in [2.75, 3.05) is 0 Å². The smallest absolute Gasteiger partial charge is 0.0259 e. The first kappa shape index (κ1) is 101. The summed E-state index contributed by atoms with van der Waals surface area (Å²) in [7, 11) is 0. The maximum absolute atomic E-state index is 2.40. The number of hydrogen-bond donors (Lipinski definition) is 0. The van der Waals surface area contributed by atoms with Crippen LogP contribution in [0.3, 0.4) is 0 Å². The van der Waals surface area contributed by atoms with Crippen LogP contribution in [0.1, 0.15) is 450 Å². The molecule has 614 valence electrons. The molecule has 0 aromatic rings. The molecule has 14 aliphatic carbocycles. The maximum Gasteiger partial charge on any atom is -0.0259 e. The molecule has 0 saturated carbocycles. The first-order valence-corrected chi connectivity index (χ1v) is 47.2. The van der Waals surface area contributed by atoms with E-state index in [0.717, 1.165) is 59.2 Å². The molecular weight excluding hydrogens is 1290 g/mol. The lowest BCUT2D eigenvalue weighted by molar-refractivity contribution is 0.473. The average Bonchev–Trinajstić information content (AvgIpc) is 2.61. The van der Waals surface area contributed by atoms with Crippen molar-refractivity contribution in [1.29, 1.82) is 0 Å². The van der Waals surface area contributed by atoms with E-state index in [9.17, 15) is 0 Å². The van der Waals surface area contributed by atoms with Crippen LogP contribution >= 0.6 is 0 Å². The van der Waals surface area contributed by atoms with Crippen molar-refractivity contribution >= 4 is 0 Å². The van der Waals surface area contributed by atoms with Crippen LogP contribution in [0.25, 0.3) is 0 Å². The first-order valence-electron chi connectivity index (χ1n) is 47.2. The monoisotopic (exact) mass is 1470 g/mol. The lowest BCUT2D eigenvalue weighted by Gasteiger charge is -2.10. The van der Waals surface area contributed by atoms with Crippen molar-refractivity contribution < 1.29 is 0 Å². The van der Waals surface area contributed by atoms with Gasteiger partial charge >= 0.3 is 0 Å². The molecule has 0 aromatic heterocycles. The minimum Gasteiger partial charge on any atom is -0.0885 e. The largest absolute Gasteiger partial charge is 0.0885 e. The van der Waals surface area contributed by atoms with Crippen LogP contribution in [-0.2, 0) is 0 Å². The van der Waals surface area contributed by atoms with E-state index in [1.165, 1.54) is 353 Å². The van der Waals surface area contributed by atoms with Gasteiger partial charge in [-0.15, -0.1) is 0 Å². The summed E-state index contributed by atoms with van der Waals surface area (Å²) < 4.78 is 0. The minimum atomic E-state index is 0.838. The molecule has 0 spiro atoms. The number of hydrogen-bond acceptors (Lipinski definition) is 0. The van der Waals surface area contributed by atoms with E-state index in [0.29, 0.717) is 0 Å². The predicted molar refractivity (Wildman–Crippen MR) is 492 cm³/mol. The highest BCUT2D eigenvalue weighted by molar-refractivity contribution is 5.04. The highest BCUT2D eigenvalue weighted by Gasteiger charge is 2.08. The fraction of sp³-hybridized carbons (Fsp3) is 0.738. The van der Waals surface area contributed by atoms with Crippen LogP contribution in [-0.4, -0.2) is 0 Å². The van der Waals surface area contributed by atoms with Crippen LogP contribution in [0.2, 0.25) is 0 Å². The molecule has 0 nitrogen and oxygen atoms in total. The van der Waals surface area contributed by atoms with Crippen molar-refractivity contribution in [3.8, 4) is 0 Å². The second-order valence-electron chi connectivity index (χ2n) is 36.0. The Labute approximate surface area is 673 Å². The van der Waals surface area contributed by atoms with Gasteiger partial charge in [-0.1, -0.05) is 302 Å². The topological polar surface area (TPSA) is 0 Å². The molecule has 0 N–H and O–H groups in total. The summed E-state index contributed by atoms with van der Waals surface area (Å²) >= 11 is 0. The Morgan fingerprint density at radius 2 is 0.402 bits per heavy atom. The molecule has 14 rings (SSSR count). The molecule has 0 aliphatic heterocycles. The SMILES string of the molecule is C/C1=C/CCCCCC1.CC1/C=C\CCCCC1.CC1=CCCC1.CC1=CCCCC1.CC1=CCCCCC1.CC1C/C=C\CCCC1.CC1C=CCC1.CC1C=CCCC1.CC1C=CCCCC1.CC1CC/C=C\CCC1.CC1CC=CC1.CC1CC=CCC1.CC1CC=CCCC1.CC1CCC=CCC1. The van der Waals surface area contributed by atoms with E-state index in [4.69, 9.17) is 0 Å². The minimum absolute atomic E-state index is 0.838. The van der Waals surface area contributed by atoms with Gasteiger partial charge in [0.05, 0.1) is 0 Å². The third kappa shape index (κ3) is 74.9. The standard InChI is InChI=1S/4C9H16.4C8H14.3C7H12.3C6H10/c4*1-9-7-5-3-2-4-6-8-9;4*1-8-6-4-2-3-5-7-8;3*1-7-5-3-2-4-6-7;3*1-6-4-2-3-5-6/h7H,2-6,8H2,1H3;5,7,9H,2-4,6,8H2,1H3;3,5,9H,2,4,6-8H2,1H3;2-3,9H,4-8H2,1H3;6H,2-5,7H2,1H3;4,6,8H,2-3,5,7H2,1H3;2,4,8H,3,5-7H2,1H3;2-3,8H,4-7H2,1H3;5H,2-4,6H2,1H3;3,5,7H,2,4,6H2,1H3;2-3,7H,4-6H2,1H3;4H,2-3,5H2,1H3;2,4,6H,3,5H2,1H3;2-3,6H,4-5H2,1H3/b9-7-;7-5-;5-3-;3-2-;;;;;;;;;;. The molecule has 0 aromatic carbocycles. The van der Waals surface area contributed by atoms with Gasteiger partial charge in [-0.3, -0.25) is 0 Å². The Balaban J connectivity index is 0.000000577. The van der Waals surface area contributed by atoms with Crippen LogP contribution < -0.4 is 0 Å². The molecular formula is C107H186. The Morgan fingerprint density at radius 3 is 0.794 bits per heavy atom. The van der Waals surface area contributed by atoms with E-state index in [2.05, 4.69) is 243 Å². The summed E-state index contributed by atoms with van der Waals surface area (Å²) in [6.45, 7) is 32.0. The quantitative estimate of drug-likeness (QED) is 0.212. The zero-order valence-corrected chi connectivity index (χ0v) is 74.5. The highest BCUT2D eigenvalue weighted by atomic mass is 14.1. The van der Waals surface area contributed by atoms with E-state index >= 15 is 0 Å². The molecule has 0 fully saturated rings. The molecule has 0 radical (unpaired) electrons. The highest BCUT2D eigenvalue weighted by Crippen LogP contribution is 2.25. The Hall–Kier alpha value is -3.64. The molecule has 0 amide bonds. The van der Waals surface area contributed by atoms with E-state index in [-0.39, 0.29) is 0 Å². The second kappa shape index (κ2) is 76.4. The molecule has 0 saturated heterocycles. The first-order chi connectivity index (χ1) is 52.0. The van der Waals surface area contributed by atoms with E-state index < -0.39 is 0 Å². The van der Waals surface area contributed by atoms with Crippen LogP contribution in [0.15, 0.2) is 168 Å². The Morgan fingerprint density at radius 1 is 0.168 bits per heavy atom. The number of rotatable bonds is 0. The van der Waals surface area contributed by atoms with Crippen molar-refractivity contribution in [2.45, 2.75) is 450 Å². The predicted octanol–water partition coefficient (Wildman–Crippen LogP) is 37.2. The second-order valence-corrected chi connectivity index (χ2v) is 36.0. The van der Waals surface area contributed by atoms with Crippen LogP contribution in [0, 0.1) is 59.2 Å². The van der Waals surface area contributed by atoms with E-state index in [1.54, 1.807) is 22.3 Å². The Kier molecular flexibility index (Phi) is 72.3. The third-order valence-corrected chi connectivity index (χ3v) is 23.5. The maximum atomic E-state index is 2.40. The fourth-order valence-electron chi connectivity index (χ4n) is 15.3. The van der Waals surface area contributed by atoms with Crippen molar-refractivity contribution in [2.24, 2.45) is 59.2 Å². The van der Waals surface area contributed by atoms with Gasteiger partial charge in [-0.25, -0.2) is 0 Å². The van der Waals surface area contributed by atoms with Gasteiger partial charge < -0.3 is 0 Å². The number of allylic oxidation sites excluding steroid dienone is 28. The van der Waals surface area contributed by atoms with Gasteiger partial charge in [0.25, 0.3) is 0 Å². The molecule has 107 heavy (non-hydrogen) atoms. The molecule has 0 heterocycles. The van der Waals surface area contributed by atoms with Crippen molar-refractivity contribution in [3.63, 3.8) is 0 Å². The average molecular weight is 1470 g/mol. The van der Waals surface area contributed by atoms with Gasteiger partial charge in [0.1, 0.15) is 0 Å². The molecule has 0 bridgehead atoms. The molecule has 14 aliphatic rings. The van der Waals surface area contributed by atoms with Crippen LogP contribution in [0.4, 0.5) is 0 Å². The van der Waals surface area contributed by atoms with Crippen molar-refractivity contribution in [3.05, 3.63) is 168 Å². The lowest BCUT2D eigenvalue weighted by Crippen LogP contribution is -1.95. The summed E-state index contributed by atoms with van der Waals surface area (Å²) in [6.07, 6.45) is 131. The summed E-state index contributed by atoms with van der Waals surface area (Å²) in [6, 6.07) is 0. The lowest BCUT2D eigenvalue weighted by atomic mass is 9.96. The van der Waals surface area contributed by atoms with Gasteiger partial charge in [0.15, 0.2) is 0 Å².